The predicted molar refractivity (Wildman–Crippen MR) is 74.2 cm³/mol. The fourth-order valence-electron chi connectivity index (χ4n) is 1.45. The van der Waals surface area contributed by atoms with E-state index in [0.717, 1.165) is 23.0 Å². The number of aryl methyl sites for hydroxylation is 1. The Labute approximate surface area is 117 Å². The van der Waals surface area contributed by atoms with Crippen LogP contribution in [0.25, 0.3) is 10.6 Å². The average molecular weight is 335 g/mol. The van der Waals surface area contributed by atoms with Gasteiger partial charge in [-0.05, 0) is 31.0 Å². The van der Waals surface area contributed by atoms with Crippen LogP contribution in [0.5, 0.6) is 0 Å². The minimum Gasteiger partial charge on any atom is -0.241 e. The third-order valence-corrected chi connectivity index (χ3v) is 3.96. The van der Waals surface area contributed by atoms with E-state index in [4.69, 9.17) is 11.6 Å². The lowest BCUT2D eigenvalue weighted by atomic mass is 10.2. The van der Waals surface area contributed by atoms with E-state index in [-0.39, 0.29) is 5.82 Å². The molecule has 90 valence electrons. The van der Waals surface area contributed by atoms with E-state index in [1.807, 2.05) is 5.38 Å². The molecule has 1 aromatic heterocycles. The van der Waals surface area contributed by atoms with Crippen molar-refractivity contribution in [1.29, 1.82) is 0 Å². The minimum absolute atomic E-state index is 0.244. The summed E-state index contributed by atoms with van der Waals surface area (Å²) in [6, 6.07) is 4.87. The largest absolute Gasteiger partial charge is 0.241 e. The summed E-state index contributed by atoms with van der Waals surface area (Å²) in [4.78, 5) is 4.42. The number of benzene rings is 1. The lowest BCUT2D eigenvalue weighted by molar-refractivity contribution is 0.631. The monoisotopic (exact) mass is 333 g/mol. The quantitative estimate of drug-likeness (QED) is 0.726. The summed E-state index contributed by atoms with van der Waals surface area (Å²) in [5, 5.41) is 2.68. The molecule has 2 aromatic rings. The summed E-state index contributed by atoms with van der Waals surface area (Å²) in [5.74, 6) is 0.379. The van der Waals surface area contributed by atoms with E-state index < -0.39 is 0 Å². The number of aromatic nitrogens is 1. The molecule has 0 spiro atoms. The van der Waals surface area contributed by atoms with Crippen molar-refractivity contribution in [2.75, 3.05) is 5.88 Å². The highest BCUT2D eigenvalue weighted by Crippen LogP contribution is 2.29. The van der Waals surface area contributed by atoms with Gasteiger partial charge in [0.2, 0.25) is 0 Å². The first kappa shape index (κ1) is 13.0. The van der Waals surface area contributed by atoms with Gasteiger partial charge in [0.1, 0.15) is 10.8 Å². The highest BCUT2D eigenvalue weighted by molar-refractivity contribution is 9.10. The average Bonchev–Trinajstić information content (AvgIpc) is 2.78. The molecule has 1 heterocycles. The molecule has 0 aliphatic heterocycles. The Kier molecular flexibility index (Phi) is 4.54. The summed E-state index contributed by atoms with van der Waals surface area (Å²) < 4.78 is 14.5. The first-order valence-electron chi connectivity index (χ1n) is 5.16. The van der Waals surface area contributed by atoms with E-state index in [1.165, 1.54) is 17.4 Å². The highest BCUT2D eigenvalue weighted by atomic mass is 79.9. The van der Waals surface area contributed by atoms with Crippen LogP contribution < -0.4 is 0 Å². The lowest BCUT2D eigenvalue weighted by Gasteiger charge is -1.99. The van der Waals surface area contributed by atoms with Crippen LogP contribution in [-0.2, 0) is 6.42 Å². The smallest absolute Gasteiger partial charge is 0.133 e. The van der Waals surface area contributed by atoms with Gasteiger partial charge in [0.05, 0.1) is 5.69 Å². The van der Waals surface area contributed by atoms with Crippen molar-refractivity contribution in [3.63, 3.8) is 0 Å². The Morgan fingerprint density at radius 1 is 1.41 bits per heavy atom. The number of rotatable bonds is 4. The first-order chi connectivity index (χ1) is 8.20. The molecule has 0 atom stereocenters. The number of halogens is 3. The van der Waals surface area contributed by atoms with Crippen LogP contribution in [0.4, 0.5) is 4.39 Å². The van der Waals surface area contributed by atoms with Gasteiger partial charge in [-0.1, -0.05) is 15.9 Å². The van der Waals surface area contributed by atoms with Crippen LogP contribution in [-0.4, -0.2) is 10.9 Å². The van der Waals surface area contributed by atoms with E-state index in [2.05, 4.69) is 20.9 Å². The zero-order valence-electron chi connectivity index (χ0n) is 8.92. The molecule has 0 radical (unpaired) electrons. The SMILES string of the molecule is Fc1ccc(Br)cc1-c1nc(CCCCl)cs1. The Hall–Kier alpha value is -0.450. The second-order valence-electron chi connectivity index (χ2n) is 3.56. The van der Waals surface area contributed by atoms with E-state index in [0.29, 0.717) is 16.5 Å². The Bertz CT molecular complexity index is 515. The molecular formula is C12H10BrClFNS. The molecule has 5 heteroatoms. The zero-order chi connectivity index (χ0) is 12.3. The molecule has 0 N–H and O–H groups in total. The maximum Gasteiger partial charge on any atom is 0.133 e. The van der Waals surface area contributed by atoms with Crippen molar-refractivity contribution in [2.45, 2.75) is 12.8 Å². The highest BCUT2D eigenvalue weighted by Gasteiger charge is 2.10. The molecule has 0 bridgehead atoms. The van der Waals surface area contributed by atoms with Gasteiger partial charge in [-0.25, -0.2) is 9.37 Å². The normalized spacial score (nSPS) is 10.8. The molecule has 0 aliphatic rings. The second-order valence-corrected chi connectivity index (χ2v) is 5.71. The molecule has 0 fully saturated rings. The molecular weight excluding hydrogens is 325 g/mol. The topological polar surface area (TPSA) is 12.9 Å². The van der Waals surface area contributed by atoms with Crippen molar-refractivity contribution in [2.24, 2.45) is 0 Å². The molecule has 0 aliphatic carbocycles. The zero-order valence-corrected chi connectivity index (χ0v) is 12.1. The van der Waals surface area contributed by atoms with Crippen LogP contribution in [0.2, 0.25) is 0 Å². The number of alkyl halides is 1. The van der Waals surface area contributed by atoms with Gasteiger partial charge in [-0.15, -0.1) is 22.9 Å². The number of nitrogens with zero attached hydrogens (tertiary/aromatic N) is 1. The molecule has 0 saturated heterocycles. The lowest BCUT2D eigenvalue weighted by Crippen LogP contribution is -1.88. The number of hydrogen-bond acceptors (Lipinski definition) is 2. The summed E-state index contributed by atoms with van der Waals surface area (Å²) >= 11 is 10.4. The Balaban J connectivity index is 2.27. The van der Waals surface area contributed by atoms with Gasteiger partial charge in [-0.3, -0.25) is 0 Å². The predicted octanol–water partition coefficient (Wildman–Crippen LogP) is 4.88. The standard InChI is InChI=1S/C12H10BrClFNS/c13-8-3-4-11(15)10(6-8)12-16-9(7-17-12)2-1-5-14/h3-4,6-7H,1-2,5H2. The minimum atomic E-state index is -0.244. The van der Waals surface area contributed by atoms with Crippen LogP contribution in [0.15, 0.2) is 28.1 Å². The number of thiazole rings is 1. The van der Waals surface area contributed by atoms with Gasteiger partial charge in [-0.2, -0.15) is 0 Å². The van der Waals surface area contributed by atoms with Crippen LogP contribution in [0.3, 0.4) is 0 Å². The fraction of sp³-hybridized carbons (Fsp3) is 0.250. The summed E-state index contributed by atoms with van der Waals surface area (Å²) in [7, 11) is 0. The molecule has 17 heavy (non-hydrogen) atoms. The van der Waals surface area contributed by atoms with Crippen molar-refractivity contribution < 1.29 is 4.39 Å². The first-order valence-corrected chi connectivity index (χ1v) is 7.37. The molecule has 1 nitrogen and oxygen atoms in total. The Morgan fingerprint density at radius 2 is 2.24 bits per heavy atom. The van der Waals surface area contributed by atoms with Crippen molar-refractivity contribution in [3.05, 3.63) is 39.6 Å². The summed E-state index contributed by atoms with van der Waals surface area (Å²) in [5.41, 5.74) is 1.52. The van der Waals surface area contributed by atoms with Gasteiger partial charge in [0.25, 0.3) is 0 Å². The maximum atomic E-state index is 13.6. The summed E-state index contributed by atoms with van der Waals surface area (Å²) in [6.07, 6.45) is 1.74. The van der Waals surface area contributed by atoms with Crippen molar-refractivity contribution in [3.8, 4) is 10.6 Å². The maximum absolute atomic E-state index is 13.6. The molecule has 0 saturated carbocycles. The van der Waals surface area contributed by atoms with Gasteiger partial charge < -0.3 is 0 Å². The van der Waals surface area contributed by atoms with Crippen LogP contribution >= 0.6 is 38.9 Å². The van der Waals surface area contributed by atoms with Crippen molar-refractivity contribution in [1.82, 2.24) is 4.98 Å². The van der Waals surface area contributed by atoms with E-state index >= 15 is 0 Å². The summed E-state index contributed by atoms with van der Waals surface area (Å²) in [6.45, 7) is 0. The van der Waals surface area contributed by atoms with Gasteiger partial charge in [0.15, 0.2) is 0 Å². The third kappa shape index (κ3) is 3.27. The van der Waals surface area contributed by atoms with Crippen LogP contribution in [0.1, 0.15) is 12.1 Å². The Morgan fingerprint density at radius 3 is 3.00 bits per heavy atom. The van der Waals surface area contributed by atoms with Crippen LogP contribution in [0, 0.1) is 5.82 Å². The third-order valence-electron chi connectivity index (χ3n) is 2.28. The van der Waals surface area contributed by atoms with Gasteiger partial charge in [0, 0.05) is 21.3 Å². The molecule has 0 amide bonds. The van der Waals surface area contributed by atoms with Gasteiger partial charge >= 0.3 is 0 Å². The fourth-order valence-corrected chi connectivity index (χ4v) is 2.82. The second kappa shape index (κ2) is 5.94. The van der Waals surface area contributed by atoms with E-state index in [1.54, 1.807) is 12.1 Å². The van der Waals surface area contributed by atoms with Crippen molar-refractivity contribution >= 4 is 38.9 Å². The molecule has 0 unspecified atom stereocenters. The van der Waals surface area contributed by atoms with E-state index in [9.17, 15) is 4.39 Å². The molecule has 1 aromatic carbocycles. The molecule has 2 rings (SSSR count). The number of hydrogen-bond donors (Lipinski definition) is 0.